The molecule has 0 aliphatic heterocycles. The summed E-state index contributed by atoms with van der Waals surface area (Å²) < 4.78 is 67.2. The highest BCUT2D eigenvalue weighted by atomic mass is 35.5. The lowest BCUT2D eigenvalue weighted by atomic mass is 10.0. The van der Waals surface area contributed by atoms with Crippen molar-refractivity contribution < 1.29 is 31.2 Å². The molecule has 0 radical (unpaired) electrons. The van der Waals surface area contributed by atoms with Crippen LogP contribution in [0.25, 0.3) is 0 Å². The molecule has 0 aliphatic carbocycles. The molecular formula is C31H35ClF3N3O4S. The first kappa shape index (κ1) is 33.9. The number of carbonyl (C=O) groups excluding carboxylic acids is 2. The third kappa shape index (κ3) is 9.21. The monoisotopic (exact) mass is 637 g/mol. The number of amides is 2. The minimum atomic E-state index is -4.86. The van der Waals surface area contributed by atoms with E-state index in [0.29, 0.717) is 16.8 Å². The summed E-state index contributed by atoms with van der Waals surface area (Å²) in [7, 11) is -4.26. The quantitative estimate of drug-likeness (QED) is 0.264. The molecule has 232 valence electrons. The van der Waals surface area contributed by atoms with Crippen molar-refractivity contribution in [1.29, 1.82) is 0 Å². The molecular weight excluding hydrogens is 603 g/mol. The average molecular weight is 638 g/mol. The van der Waals surface area contributed by atoms with E-state index >= 15 is 0 Å². The number of alkyl halides is 3. The fourth-order valence-electron chi connectivity index (χ4n) is 4.47. The van der Waals surface area contributed by atoms with Crippen LogP contribution in [0.15, 0.2) is 72.8 Å². The highest BCUT2D eigenvalue weighted by molar-refractivity contribution is 7.92. The van der Waals surface area contributed by atoms with Gasteiger partial charge in [-0.25, -0.2) is 8.42 Å². The van der Waals surface area contributed by atoms with E-state index in [1.807, 2.05) is 51.1 Å². The summed E-state index contributed by atoms with van der Waals surface area (Å²) in [5.41, 5.74) is 0.712. The first-order valence-electron chi connectivity index (χ1n) is 13.6. The zero-order chi connectivity index (χ0) is 31.9. The van der Waals surface area contributed by atoms with E-state index < -0.39 is 51.2 Å². The minimum Gasteiger partial charge on any atom is -0.352 e. The number of rotatable bonds is 12. The summed E-state index contributed by atoms with van der Waals surface area (Å²) in [5.74, 6) is -1.20. The number of benzene rings is 3. The molecule has 0 spiro atoms. The van der Waals surface area contributed by atoms with Gasteiger partial charge in [0.1, 0.15) is 12.6 Å². The van der Waals surface area contributed by atoms with Gasteiger partial charge in [-0.05, 0) is 55.2 Å². The number of nitrogens with one attached hydrogen (secondary N) is 1. The molecule has 3 rings (SSSR count). The third-order valence-electron chi connectivity index (χ3n) is 7.10. The fraction of sp³-hybridized carbons (Fsp3) is 0.355. The largest absolute Gasteiger partial charge is 0.417 e. The molecule has 43 heavy (non-hydrogen) atoms. The van der Waals surface area contributed by atoms with Gasteiger partial charge in [0.2, 0.25) is 21.8 Å². The maximum absolute atomic E-state index is 14.1. The van der Waals surface area contributed by atoms with E-state index in [1.54, 1.807) is 24.3 Å². The Balaban J connectivity index is 2.12. The number of anilines is 1. The Hall–Kier alpha value is -3.57. The topological polar surface area (TPSA) is 86.8 Å². The molecule has 7 nitrogen and oxygen atoms in total. The first-order valence-corrected chi connectivity index (χ1v) is 15.9. The molecule has 0 heterocycles. The van der Waals surface area contributed by atoms with Gasteiger partial charge >= 0.3 is 6.18 Å². The predicted molar refractivity (Wildman–Crippen MR) is 162 cm³/mol. The number of halogens is 4. The summed E-state index contributed by atoms with van der Waals surface area (Å²) >= 11 is 5.76. The van der Waals surface area contributed by atoms with Crippen LogP contribution in [0.2, 0.25) is 5.02 Å². The normalized spacial score (nSPS) is 13.2. The minimum absolute atomic E-state index is 0.0387. The summed E-state index contributed by atoms with van der Waals surface area (Å²) in [4.78, 5) is 29.1. The van der Waals surface area contributed by atoms with Crippen molar-refractivity contribution in [2.45, 2.75) is 58.4 Å². The van der Waals surface area contributed by atoms with Crippen LogP contribution in [0.4, 0.5) is 18.9 Å². The van der Waals surface area contributed by atoms with Crippen LogP contribution >= 0.6 is 11.6 Å². The molecule has 12 heteroatoms. The van der Waals surface area contributed by atoms with Crippen molar-refractivity contribution in [2.24, 2.45) is 0 Å². The van der Waals surface area contributed by atoms with Gasteiger partial charge in [-0.2, -0.15) is 13.2 Å². The smallest absolute Gasteiger partial charge is 0.352 e. The number of hydrogen-bond donors (Lipinski definition) is 1. The molecule has 0 saturated carbocycles. The summed E-state index contributed by atoms with van der Waals surface area (Å²) in [5, 5.41) is 2.32. The molecule has 1 N–H and O–H groups in total. The van der Waals surface area contributed by atoms with Crippen LogP contribution in [0.5, 0.6) is 0 Å². The van der Waals surface area contributed by atoms with Crippen molar-refractivity contribution in [2.75, 3.05) is 17.1 Å². The van der Waals surface area contributed by atoms with E-state index in [0.717, 1.165) is 35.1 Å². The molecule has 3 aromatic rings. The summed E-state index contributed by atoms with van der Waals surface area (Å²) in [6, 6.07) is 17.7. The molecule has 3 aromatic carbocycles. The second kappa shape index (κ2) is 14.3. The molecule has 0 fully saturated rings. The lowest BCUT2D eigenvalue weighted by Crippen LogP contribution is -2.54. The SMILES string of the molecule is CCC(C)NC(=O)C(Cc1ccccc1)N(Cc1ccccc1C)C(=O)CN(c1ccc(Cl)c(C(F)(F)F)c1)S(C)(=O)=O. The van der Waals surface area contributed by atoms with E-state index in [9.17, 15) is 31.2 Å². The zero-order valence-electron chi connectivity index (χ0n) is 24.4. The predicted octanol–water partition coefficient (Wildman–Crippen LogP) is 5.99. The molecule has 0 aromatic heterocycles. The highest BCUT2D eigenvalue weighted by Gasteiger charge is 2.36. The van der Waals surface area contributed by atoms with Crippen molar-refractivity contribution in [3.63, 3.8) is 0 Å². The van der Waals surface area contributed by atoms with E-state index in [-0.39, 0.29) is 24.7 Å². The van der Waals surface area contributed by atoms with Gasteiger partial charge in [0.15, 0.2) is 0 Å². The number of aryl methyl sites for hydroxylation is 1. The van der Waals surface area contributed by atoms with Gasteiger partial charge in [-0.1, -0.05) is 73.1 Å². The van der Waals surface area contributed by atoms with Gasteiger partial charge < -0.3 is 10.2 Å². The average Bonchev–Trinajstić information content (AvgIpc) is 2.94. The van der Waals surface area contributed by atoms with E-state index in [2.05, 4.69) is 5.32 Å². The maximum Gasteiger partial charge on any atom is 0.417 e. The zero-order valence-corrected chi connectivity index (χ0v) is 25.9. The summed E-state index contributed by atoms with van der Waals surface area (Å²) in [6.07, 6.45) is -3.30. The number of carbonyl (C=O) groups is 2. The van der Waals surface area contributed by atoms with Crippen LogP contribution in [-0.2, 0) is 38.8 Å². The van der Waals surface area contributed by atoms with Crippen LogP contribution in [0.3, 0.4) is 0 Å². The van der Waals surface area contributed by atoms with Crippen LogP contribution in [0.1, 0.15) is 42.5 Å². The Morgan fingerprint density at radius 1 is 1.00 bits per heavy atom. The molecule has 2 unspecified atom stereocenters. The lowest BCUT2D eigenvalue weighted by Gasteiger charge is -2.34. The second-order valence-corrected chi connectivity index (χ2v) is 12.7. The Morgan fingerprint density at radius 2 is 1.63 bits per heavy atom. The van der Waals surface area contributed by atoms with Gasteiger partial charge in [0, 0.05) is 19.0 Å². The van der Waals surface area contributed by atoms with Crippen molar-refractivity contribution >= 4 is 39.1 Å². The van der Waals surface area contributed by atoms with E-state index in [4.69, 9.17) is 11.6 Å². The number of hydrogen-bond acceptors (Lipinski definition) is 4. The van der Waals surface area contributed by atoms with Crippen molar-refractivity contribution in [3.05, 3.63) is 100 Å². The van der Waals surface area contributed by atoms with Crippen molar-refractivity contribution in [1.82, 2.24) is 10.2 Å². The van der Waals surface area contributed by atoms with Gasteiger partial charge in [0.25, 0.3) is 0 Å². The van der Waals surface area contributed by atoms with Crippen molar-refractivity contribution in [3.8, 4) is 0 Å². The standard InChI is InChI=1S/C31H35ClF3N3O4S/c1-5-22(3)36-30(40)28(17-23-12-7-6-8-13-23)37(19-24-14-10-9-11-21(24)2)29(39)20-38(43(4,41)42)25-15-16-27(32)26(18-25)31(33,34)35/h6-16,18,22,28H,5,17,19-20H2,1-4H3,(H,36,40). The van der Waals surface area contributed by atoms with Crippen LogP contribution < -0.4 is 9.62 Å². The third-order valence-corrected chi connectivity index (χ3v) is 8.57. The first-order chi connectivity index (χ1) is 20.1. The number of sulfonamides is 1. The number of nitrogens with zero attached hydrogens (tertiary/aromatic N) is 2. The van der Waals surface area contributed by atoms with E-state index in [1.165, 1.54) is 4.90 Å². The lowest BCUT2D eigenvalue weighted by molar-refractivity contribution is -0.140. The van der Waals surface area contributed by atoms with Gasteiger partial charge in [0.05, 0.1) is 22.5 Å². The Bertz CT molecular complexity index is 1530. The van der Waals surface area contributed by atoms with Crippen LogP contribution in [0, 0.1) is 6.92 Å². The molecule has 0 saturated heterocycles. The highest BCUT2D eigenvalue weighted by Crippen LogP contribution is 2.37. The summed E-state index contributed by atoms with van der Waals surface area (Å²) in [6.45, 7) is 4.70. The Kier molecular flexibility index (Phi) is 11.3. The maximum atomic E-state index is 14.1. The van der Waals surface area contributed by atoms with Crippen LogP contribution in [-0.4, -0.2) is 50.0 Å². The molecule has 2 amide bonds. The fourth-order valence-corrected chi connectivity index (χ4v) is 5.53. The molecule has 0 aliphatic rings. The Labute approximate surface area is 255 Å². The molecule has 2 atom stereocenters. The molecule has 0 bridgehead atoms. The Morgan fingerprint density at radius 3 is 2.21 bits per heavy atom. The van der Waals surface area contributed by atoms with Gasteiger partial charge in [-0.15, -0.1) is 0 Å². The second-order valence-electron chi connectivity index (χ2n) is 10.4. The van der Waals surface area contributed by atoms with Gasteiger partial charge in [-0.3, -0.25) is 13.9 Å².